The van der Waals surface area contributed by atoms with Crippen molar-refractivity contribution in [3.05, 3.63) is 111 Å². The maximum Gasteiger partial charge on any atom is 0.329 e. The molecule has 3 fully saturated rings. The SMILES string of the molecule is CC(=O)c1ccc2[nH]c(C(=O)N[C@H]3CN(C(=O)C[C@H]4CC[C@@H](Cc5ccc6c(c5)n(C)c(=O)n6C5CCC(=O)NC5=O)CC4)C/C=C4/CC[C@@H](C(=O)N[C@@H](CCC(N)=O)C(=O)NCc5ccc(S(=O)(=O)C(C)C)cc5)N4C3=O)cc2c1. The smallest absolute Gasteiger partial charge is 0.329 e. The van der Waals surface area contributed by atoms with Crippen molar-refractivity contribution in [3.63, 3.8) is 0 Å². The number of Topliss-reactive ketones (excluding diaryl/α,β-unsaturated/α-hetero) is 1. The van der Waals surface area contributed by atoms with Crippen LogP contribution in [0.15, 0.2) is 88.2 Å². The molecule has 5 heterocycles. The molecule has 9 rings (SSSR count). The van der Waals surface area contributed by atoms with Crippen LogP contribution < -0.4 is 32.7 Å². The fraction of sp³-hybridized carbons (Fsp3) is 0.448. The number of allylic oxidation sites excluding steroid dienone is 1. The first kappa shape index (κ1) is 57.5. The van der Waals surface area contributed by atoms with Crippen LogP contribution in [0.1, 0.15) is 129 Å². The van der Waals surface area contributed by atoms with E-state index in [1.165, 1.54) is 33.1 Å². The van der Waals surface area contributed by atoms with Crippen molar-refractivity contribution in [2.75, 3.05) is 13.1 Å². The number of ketones is 1. The molecule has 4 aliphatic rings. The molecule has 4 atom stereocenters. The summed E-state index contributed by atoms with van der Waals surface area (Å²) in [6.07, 6.45) is 6.25. The van der Waals surface area contributed by atoms with Gasteiger partial charge in [0.1, 0.15) is 29.9 Å². The highest BCUT2D eigenvalue weighted by Crippen LogP contribution is 2.35. The van der Waals surface area contributed by atoms with E-state index in [-0.39, 0.29) is 104 Å². The van der Waals surface area contributed by atoms with Crippen LogP contribution in [0.2, 0.25) is 0 Å². The fourth-order valence-electron chi connectivity index (χ4n) is 11.6. The summed E-state index contributed by atoms with van der Waals surface area (Å²) >= 11 is 0. The van der Waals surface area contributed by atoms with Crippen molar-refractivity contribution in [3.8, 4) is 0 Å². The van der Waals surface area contributed by atoms with Gasteiger partial charge in [0.15, 0.2) is 15.6 Å². The number of piperidine rings is 1. The maximum atomic E-state index is 15.0. The molecule has 81 heavy (non-hydrogen) atoms. The minimum Gasteiger partial charge on any atom is -0.370 e. The molecule has 1 saturated carbocycles. The molecule has 0 spiro atoms. The Bertz CT molecular complexity index is 3570. The normalized spacial score (nSPS) is 21.6. The number of imide groups is 1. The maximum absolute atomic E-state index is 15.0. The quantitative estimate of drug-likeness (QED) is 0.0543. The zero-order valence-electron chi connectivity index (χ0n) is 45.7. The Morgan fingerprint density at radius 2 is 1.54 bits per heavy atom. The van der Waals surface area contributed by atoms with E-state index in [1.54, 1.807) is 68.3 Å². The Morgan fingerprint density at radius 3 is 2.23 bits per heavy atom. The molecule has 0 radical (unpaired) electrons. The number of fused-ring (bicyclic) bond motifs is 3. The highest BCUT2D eigenvalue weighted by Gasteiger charge is 2.44. The lowest BCUT2D eigenvalue weighted by Gasteiger charge is -2.36. The third kappa shape index (κ3) is 12.6. The number of hydrogen-bond donors (Lipinski definition) is 6. The molecule has 22 nitrogen and oxygen atoms in total. The number of benzene rings is 3. The monoisotopic (exact) mass is 1130 g/mol. The number of aromatic nitrogens is 3. The first-order valence-corrected chi connectivity index (χ1v) is 29.1. The highest BCUT2D eigenvalue weighted by atomic mass is 32.2. The summed E-state index contributed by atoms with van der Waals surface area (Å²) in [4.78, 5) is 140. The van der Waals surface area contributed by atoms with Crippen LogP contribution in [-0.2, 0) is 63.4 Å². The fourth-order valence-corrected chi connectivity index (χ4v) is 12.6. The van der Waals surface area contributed by atoms with Crippen molar-refractivity contribution < 1.29 is 51.6 Å². The standard InChI is InChI=1S/C58H68N10O12S/c1-32(2)81(79,80)41-14-9-36(10-15-41)30-60-53(73)43(17-21-50(59)70)62-55(75)47-19-13-40-23-24-66(31-45(57(77)67(40)47)63-54(74)44-29-39-28-38(33(3)69)12-16-42(39)61-44)52(72)27-35-7-5-34(6-8-35)25-37-11-18-46-49(26-37)65(4)58(78)68(46)48-20-22-51(71)64-56(48)76/h9-12,14-16,18,23,26,28-29,32,34-35,43,45,47-48,61H,5-8,13,17,19-22,24-25,27,30-31H2,1-4H3,(H2,59,70)(H,60,73)(H,62,75)(H,63,74)(H,64,71,76)/b40-23-/t34-,35+,43-,45-,47-,48?/m0/s1. The van der Waals surface area contributed by atoms with Crippen molar-refractivity contribution in [1.82, 2.24) is 45.2 Å². The van der Waals surface area contributed by atoms with Crippen LogP contribution in [0.4, 0.5) is 0 Å². The van der Waals surface area contributed by atoms with Crippen LogP contribution in [-0.4, -0.2) is 122 Å². The summed E-state index contributed by atoms with van der Waals surface area (Å²) in [7, 11) is -1.87. The van der Waals surface area contributed by atoms with E-state index < -0.39 is 74.7 Å². The number of aromatic amines is 1. The van der Waals surface area contributed by atoms with E-state index in [2.05, 4.69) is 26.3 Å². The zero-order valence-corrected chi connectivity index (χ0v) is 46.6. The number of rotatable bonds is 18. The molecule has 8 amide bonds. The van der Waals surface area contributed by atoms with Gasteiger partial charge in [-0.1, -0.05) is 18.2 Å². The van der Waals surface area contributed by atoms with E-state index >= 15 is 4.79 Å². The lowest BCUT2D eigenvalue weighted by Crippen LogP contribution is -2.59. The lowest BCUT2D eigenvalue weighted by molar-refractivity contribution is -0.141. The summed E-state index contributed by atoms with van der Waals surface area (Å²) < 4.78 is 28.3. The Hall–Kier alpha value is -8.21. The molecule has 5 aromatic rings. The van der Waals surface area contributed by atoms with Crippen LogP contribution in [0, 0.1) is 11.8 Å². The van der Waals surface area contributed by atoms with Crippen LogP contribution in [0.3, 0.4) is 0 Å². The molecular formula is C58H68N10O12S. The summed E-state index contributed by atoms with van der Waals surface area (Å²) in [6.45, 7) is 4.39. The van der Waals surface area contributed by atoms with Gasteiger partial charge in [-0.25, -0.2) is 13.2 Å². The Morgan fingerprint density at radius 1 is 0.827 bits per heavy atom. The molecule has 23 heteroatoms. The molecule has 3 aromatic carbocycles. The lowest BCUT2D eigenvalue weighted by atomic mass is 9.78. The molecule has 0 bridgehead atoms. The molecule has 1 aliphatic carbocycles. The van der Waals surface area contributed by atoms with Gasteiger partial charge < -0.3 is 36.5 Å². The average molecular weight is 1130 g/mol. The van der Waals surface area contributed by atoms with Gasteiger partial charge in [0, 0.05) is 61.6 Å². The van der Waals surface area contributed by atoms with Crippen LogP contribution in [0.5, 0.6) is 0 Å². The van der Waals surface area contributed by atoms with E-state index in [9.17, 15) is 51.6 Å². The Labute approximate surface area is 467 Å². The topological polar surface area (TPSA) is 311 Å². The predicted octanol–water partition coefficient (Wildman–Crippen LogP) is 3.51. The number of sulfone groups is 1. The van der Waals surface area contributed by atoms with Gasteiger partial charge in [0.25, 0.3) is 11.8 Å². The summed E-state index contributed by atoms with van der Waals surface area (Å²) in [5.74, 6) is -4.26. The van der Waals surface area contributed by atoms with Gasteiger partial charge >= 0.3 is 5.69 Å². The molecule has 3 aliphatic heterocycles. The molecule has 2 aromatic heterocycles. The van der Waals surface area contributed by atoms with E-state index in [0.717, 1.165) is 37.7 Å². The third-order valence-electron chi connectivity index (χ3n) is 16.3. The van der Waals surface area contributed by atoms with Crippen molar-refractivity contribution in [2.24, 2.45) is 24.6 Å². The number of hydrogen-bond acceptors (Lipinski definition) is 12. The van der Waals surface area contributed by atoms with Gasteiger partial charge in [-0.05, 0) is 156 Å². The number of imidazole rings is 1. The Kier molecular flexibility index (Phi) is 16.9. The number of primary amides is 1. The van der Waals surface area contributed by atoms with Gasteiger partial charge in [-0.2, -0.15) is 0 Å². The zero-order chi connectivity index (χ0) is 58.0. The number of carbonyl (C=O) groups is 9. The average Bonchev–Trinajstić information content (AvgIpc) is 4.16. The van der Waals surface area contributed by atoms with Gasteiger partial charge in [0.2, 0.25) is 35.4 Å². The van der Waals surface area contributed by atoms with E-state index in [1.807, 2.05) is 18.2 Å². The molecule has 428 valence electrons. The predicted molar refractivity (Wildman–Crippen MR) is 297 cm³/mol. The summed E-state index contributed by atoms with van der Waals surface area (Å²) in [5.41, 5.74) is 9.60. The number of H-pyrrole nitrogens is 1. The summed E-state index contributed by atoms with van der Waals surface area (Å²) in [6, 6.07) is 13.8. The second-order valence-corrected chi connectivity index (χ2v) is 24.6. The number of carbonyl (C=O) groups excluding carboxylic acids is 9. The number of aryl methyl sites for hydroxylation is 1. The number of nitrogens with two attached hydrogens (primary N) is 1. The van der Waals surface area contributed by atoms with E-state index in [0.29, 0.717) is 44.7 Å². The number of nitrogens with zero attached hydrogens (tertiary/aromatic N) is 4. The first-order chi connectivity index (χ1) is 38.6. The second-order valence-electron chi connectivity index (χ2n) is 22.1. The first-order valence-electron chi connectivity index (χ1n) is 27.5. The van der Waals surface area contributed by atoms with Gasteiger partial charge in [-0.15, -0.1) is 0 Å². The second kappa shape index (κ2) is 23.9. The van der Waals surface area contributed by atoms with Crippen LogP contribution >= 0.6 is 0 Å². The largest absolute Gasteiger partial charge is 0.370 e. The minimum absolute atomic E-state index is 0.0349. The highest BCUT2D eigenvalue weighted by molar-refractivity contribution is 7.92. The third-order valence-corrected chi connectivity index (χ3v) is 18.5. The molecule has 1 unspecified atom stereocenters. The van der Waals surface area contributed by atoms with Gasteiger partial charge in [-0.3, -0.25) is 57.6 Å². The molecule has 7 N–H and O–H groups in total. The molecular weight excluding hydrogens is 1060 g/mol. The number of amides is 8. The summed E-state index contributed by atoms with van der Waals surface area (Å²) in [5, 5.41) is 10.6. The number of nitrogens with one attached hydrogen (secondary N) is 5. The molecule has 2 saturated heterocycles. The Balaban J connectivity index is 0.886. The van der Waals surface area contributed by atoms with Crippen molar-refractivity contribution in [1.29, 1.82) is 0 Å². The van der Waals surface area contributed by atoms with Gasteiger partial charge in [0.05, 0.1) is 27.7 Å². The van der Waals surface area contributed by atoms with Crippen molar-refractivity contribution in [2.45, 2.75) is 139 Å². The minimum atomic E-state index is -3.53. The van der Waals surface area contributed by atoms with Crippen LogP contribution in [0.25, 0.3) is 21.9 Å². The van der Waals surface area contributed by atoms with Crippen molar-refractivity contribution >= 4 is 84.8 Å². The van der Waals surface area contributed by atoms with E-state index in [4.69, 9.17) is 5.73 Å².